The zero-order chi connectivity index (χ0) is 18.4. The van der Waals surface area contributed by atoms with E-state index < -0.39 is 7.12 Å². The van der Waals surface area contributed by atoms with Crippen molar-refractivity contribution in [1.82, 2.24) is 0 Å². The van der Waals surface area contributed by atoms with E-state index in [1.54, 1.807) is 42.5 Å². The molecule has 0 spiro atoms. The lowest BCUT2D eigenvalue weighted by Gasteiger charge is -2.09. The molecule has 0 atom stereocenters. The first-order valence-electron chi connectivity index (χ1n) is 8.16. The van der Waals surface area contributed by atoms with E-state index in [-0.39, 0.29) is 11.4 Å². The number of carbonyl (C=O) groups is 1. The second-order valence-electron chi connectivity index (χ2n) is 5.75. The highest BCUT2D eigenvalue weighted by Gasteiger charge is 2.13. The van der Waals surface area contributed by atoms with Gasteiger partial charge in [0.15, 0.2) is 0 Å². The van der Waals surface area contributed by atoms with Gasteiger partial charge < -0.3 is 20.1 Å². The molecular weight excluding hydrogens is 329 g/mol. The minimum atomic E-state index is -1.61. The Balaban J connectivity index is 1.60. The zero-order valence-corrected chi connectivity index (χ0v) is 14.0. The van der Waals surface area contributed by atoms with E-state index >= 15 is 0 Å². The largest absolute Gasteiger partial charge is 0.489 e. The third-order valence-corrected chi connectivity index (χ3v) is 3.81. The highest BCUT2D eigenvalue weighted by atomic mass is 16.5. The molecule has 3 aromatic carbocycles. The van der Waals surface area contributed by atoms with Crippen molar-refractivity contribution in [3.63, 3.8) is 0 Å². The first-order valence-corrected chi connectivity index (χ1v) is 8.16. The fourth-order valence-corrected chi connectivity index (χ4v) is 2.42. The third kappa shape index (κ3) is 4.72. The standard InChI is InChI=1S/C20H18BNO4/c23-20(16-7-4-8-17(13-16)21(24)25)22-18-9-11-19(12-10-18)26-14-15-5-2-1-3-6-15/h1-13,24-25H,14H2,(H,22,23). The Labute approximate surface area is 152 Å². The summed E-state index contributed by atoms with van der Waals surface area (Å²) in [7, 11) is -1.61. The van der Waals surface area contributed by atoms with Gasteiger partial charge in [-0.25, -0.2) is 0 Å². The van der Waals surface area contributed by atoms with Crippen molar-refractivity contribution in [2.24, 2.45) is 0 Å². The Morgan fingerprint density at radius 2 is 1.65 bits per heavy atom. The Kier molecular flexibility index (Phi) is 5.68. The molecule has 0 radical (unpaired) electrons. The maximum absolute atomic E-state index is 12.3. The van der Waals surface area contributed by atoms with Gasteiger partial charge in [0.2, 0.25) is 0 Å². The predicted octanol–water partition coefficient (Wildman–Crippen LogP) is 2.20. The van der Waals surface area contributed by atoms with Crippen LogP contribution in [0.2, 0.25) is 0 Å². The summed E-state index contributed by atoms with van der Waals surface area (Å²) < 4.78 is 5.71. The highest BCUT2D eigenvalue weighted by molar-refractivity contribution is 6.58. The SMILES string of the molecule is O=C(Nc1ccc(OCc2ccccc2)cc1)c1cccc(B(O)O)c1. The Morgan fingerprint density at radius 1 is 0.923 bits per heavy atom. The van der Waals surface area contributed by atoms with Crippen molar-refractivity contribution in [3.8, 4) is 5.75 Å². The summed E-state index contributed by atoms with van der Waals surface area (Å²) in [4.78, 5) is 12.3. The lowest BCUT2D eigenvalue weighted by molar-refractivity contribution is 0.102. The summed E-state index contributed by atoms with van der Waals surface area (Å²) in [5.74, 6) is 0.378. The molecule has 0 fully saturated rings. The number of hydrogen-bond acceptors (Lipinski definition) is 4. The molecule has 0 heterocycles. The van der Waals surface area contributed by atoms with E-state index in [1.807, 2.05) is 30.3 Å². The van der Waals surface area contributed by atoms with Gasteiger partial charge in [-0.2, -0.15) is 0 Å². The van der Waals surface area contributed by atoms with Gasteiger partial charge in [0.1, 0.15) is 12.4 Å². The minimum Gasteiger partial charge on any atom is -0.489 e. The van der Waals surface area contributed by atoms with Crippen LogP contribution in [0.15, 0.2) is 78.9 Å². The molecule has 5 nitrogen and oxygen atoms in total. The van der Waals surface area contributed by atoms with Crippen LogP contribution in [0, 0.1) is 0 Å². The number of hydrogen-bond donors (Lipinski definition) is 3. The fraction of sp³-hybridized carbons (Fsp3) is 0.0500. The van der Waals surface area contributed by atoms with Crippen LogP contribution in [-0.4, -0.2) is 23.1 Å². The molecule has 0 aliphatic rings. The van der Waals surface area contributed by atoms with Gasteiger partial charge in [0, 0.05) is 11.3 Å². The van der Waals surface area contributed by atoms with Crippen LogP contribution in [0.1, 0.15) is 15.9 Å². The summed E-state index contributed by atoms with van der Waals surface area (Å²) >= 11 is 0. The predicted molar refractivity (Wildman–Crippen MR) is 101 cm³/mol. The smallest absolute Gasteiger partial charge is 0.488 e. The van der Waals surface area contributed by atoms with Crippen LogP contribution in [-0.2, 0) is 6.61 Å². The van der Waals surface area contributed by atoms with Gasteiger partial charge in [-0.05, 0) is 47.4 Å². The van der Waals surface area contributed by atoms with E-state index in [9.17, 15) is 14.8 Å². The van der Waals surface area contributed by atoms with E-state index in [0.29, 0.717) is 23.6 Å². The van der Waals surface area contributed by atoms with Crippen molar-refractivity contribution in [3.05, 3.63) is 90.0 Å². The molecule has 0 saturated heterocycles. The van der Waals surface area contributed by atoms with Crippen molar-refractivity contribution in [2.75, 3.05) is 5.32 Å². The molecule has 0 aromatic heterocycles. The third-order valence-electron chi connectivity index (χ3n) is 3.81. The minimum absolute atomic E-state index is 0.266. The highest BCUT2D eigenvalue weighted by Crippen LogP contribution is 2.17. The molecular formula is C20H18BNO4. The number of amides is 1. The number of ether oxygens (including phenoxy) is 1. The van der Waals surface area contributed by atoms with Crippen LogP contribution >= 0.6 is 0 Å². The number of anilines is 1. The number of carbonyl (C=O) groups excluding carboxylic acids is 1. The molecule has 0 bridgehead atoms. The second kappa shape index (κ2) is 8.33. The maximum Gasteiger partial charge on any atom is 0.488 e. The van der Waals surface area contributed by atoms with Crippen molar-refractivity contribution in [2.45, 2.75) is 6.61 Å². The first kappa shape index (κ1) is 17.7. The van der Waals surface area contributed by atoms with Crippen molar-refractivity contribution < 1.29 is 19.6 Å². The van der Waals surface area contributed by atoms with Gasteiger partial charge in [-0.3, -0.25) is 4.79 Å². The number of nitrogens with one attached hydrogen (secondary N) is 1. The first-order chi connectivity index (χ1) is 12.6. The van der Waals surface area contributed by atoms with Gasteiger partial charge in [0.25, 0.3) is 5.91 Å². The Hall–Kier alpha value is -3.09. The van der Waals surface area contributed by atoms with E-state index in [0.717, 1.165) is 5.56 Å². The molecule has 26 heavy (non-hydrogen) atoms. The fourth-order valence-electron chi connectivity index (χ4n) is 2.42. The zero-order valence-electron chi connectivity index (χ0n) is 14.0. The lowest BCUT2D eigenvalue weighted by Crippen LogP contribution is -2.30. The summed E-state index contributed by atoms with van der Waals surface area (Å²) in [6.07, 6.45) is 0. The molecule has 0 aliphatic carbocycles. The molecule has 3 rings (SSSR count). The number of rotatable bonds is 6. The average molecular weight is 347 g/mol. The molecule has 0 aliphatic heterocycles. The summed E-state index contributed by atoms with van der Waals surface area (Å²) in [6, 6.07) is 23.1. The molecule has 6 heteroatoms. The lowest BCUT2D eigenvalue weighted by atomic mass is 9.79. The molecule has 0 unspecified atom stereocenters. The maximum atomic E-state index is 12.3. The van der Waals surface area contributed by atoms with E-state index in [4.69, 9.17) is 4.74 Å². The van der Waals surface area contributed by atoms with Crippen LogP contribution < -0.4 is 15.5 Å². The van der Waals surface area contributed by atoms with Gasteiger partial charge in [-0.15, -0.1) is 0 Å². The number of benzene rings is 3. The van der Waals surface area contributed by atoms with Crippen molar-refractivity contribution >= 4 is 24.2 Å². The summed E-state index contributed by atoms with van der Waals surface area (Å²) in [5, 5.41) is 21.2. The Morgan fingerprint density at radius 3 is 2.35 bits per heavy atom. The Bertz CT molecular complexity index is 866. The molecule has 1 amide bonds. The molecule has 0 saturated carbocycles. The van der Waals surface area contributed by atoms with Crippen molar-refractivity contribution in [1.29, 1.82) is 0 Å². The normalized spacial score (nSPS) is 10.2. The summed E-state index contributed by atoms with van der Waals surface area (Å²) in [5.41, 5.74) is 2.31. The quantitative estimate of drug-likeness (QED) is 0.598. The monoisotopic (exact) mass is 347 g/mol. The van der Waals surface area contributed by atoms with Crippen LogP contribution in [0.3, 0.4) is 0 Å². The van der Waals surface area contributed by atoms with E-state index in [1.165, 1.54) is 6.07 Å². The molecule has 130 valence electrons. The van der Waals surface area contributed by atoms with Crippen LogP contribution in [0.4, 0.5) is 5.69 Å². The van der Waals surface area contributed by atoms with Gasteiger partial charge in [0.05, 0.1) is 0 Å². The second-order valence-corrected chi connectivity index (χ2v) is 5.75. The molecule has 3 aromatic rings. The topological polar surface area (TPSA) is 78.8 Å². The van der Waals surface area contributed by atoms with Gasteiger partial charge >= 0.3 is 7.12 Å². The van der Waals surface area contributed by atoms with E-state index in [2.05, 4.69) is 5.32 Å². The van der Waals surface area contributed by atoms with Crippen LogP contribution in [0.5, 0.6) is 5.75 Å². The molecule has 3 N–H and O–H groups in total. The average Bonchev–Trinajstić information content (AvgIpc) is 2.68. The van der Waals surface area contributed by atoms with Crippen LogP contribution in [0.25, 0.3) is 0 Å². The summed E-state index contributed by atoms with van der Waals surface area (Å²) in [6.45, 7) is 0.475. The van der Waals surface area contributed by atoms with Gasteiger partial charge in [-0.1, -0.05) is 42.5 Å².